The van der Waals surface area contributed by atoms with Crippen LogP contribution in [-0.2, 0) is 19.1 Å². The average molecular weight is 480 g/mol. The van der Waals surface area contributed by atoms with Crippen molar-refractivity contribution in [3.8, 4) is 11.1 Å². The minimum absolute atomic E-state index is 0.0847. The summed E-state index contributed by atoms with van der Waals surface area (Å²) in [5, 5.41) is 2.88. The quantitative estimate of drug-likeness (QED) is 0.188. The van der Waals surface area contributed by atoms with Gasteiger partial charge in [-0.15, -0.1) is 0 Å². The summed E-state index contributed by atoms with van der Waals surface area (Å²) < 4.78 is 9.98. The third kappa shape index (κ3) is 7.94. The molecule has 0 saturated heterocycles. The molecule has 35 heavy (non-hydrogen) atoms. The van der Waals surface area contributed by atoms with Crippen LogP contribution in [0.5, 0.6) is 0 Å². The molecule has 6 heteroatoms. The van der Waals surface area contributed by atoms with Crippen molar-refractivity contribution in [2.24, 2.45) is 0 Å². The monoisotopic (exact) mass is 479 g/mol. The molecule has 0 fully saturated rings. The van der Waals surface area contributed by atoms with Gasteiger partial charge in [-0.25, -0.2) is 9.59 Å². The molecule has 0 unspecified atom stereocenters. The molecule has 0 aliphatic heterocycles. The highest BCUT2D eigenvalue weighted by atomic mass is 16.5. The molecule has 6 nitrogen and oxygen atoms in total. The first-order valence-corrected chi connectivity index (χ1v) is 12.8. The van der Waals surface area contributed by atoms with Crippen molar-refractivity contribution in [2.75, 3.05) is 20.3 Å². The summed E-state index contributed by atoms with van der Waals surface area (Å²) in [5.41, 5.74) is 4.89. The Morgan fingerprint density at radius 3 is 1.83 bits per heavy atom. The highest BCUT2D eigenvalue weighted by Crippen LogP contribution is 2.44. The molecule has 188 valence electrons. The molecule has 1 aliphatic rings. The van der Waals surface area contributed by atoms with Gasteiger partial charge in [0.2, 0.25) is 5.78 Å². The van der Waals surface area contributed by atoms with E-state index in [1.165, 1.54) is 42.2 Å². The molecule has 1 amide bonds. The maximum absolute atomic E-state index is 12.2. The molecule has 2 aromatic carbocycles. The van der Waals surface area contributed by atoms with E-state index in [9.17, 15) is 14.4 Å². The van der Waals surface area contributed by atoms with Gasteiger partial charge in [-0.3, -0.25) is 4.79 Å². The second-order valence-corrected chi connectivity index (χ2v) is 9.10. The van der Waals surface area contributed by atoms with Crippen LogP contribution in [0.25, 0.3) is 11.1 Å². The molecule has 1 aliphatic carbocycles. The van der Waals surface area contributed by atoms with E-state index in [4.69, 9.17) is 4.74 Å². The number of fused-ring (bicyclic) bond motifs is 3. The molecule has 0 heterocycles. The number of carbonyl (C=O) groups excluding carboxylic acids is 3. The normalized spacial score (nSPS) is 12.0. The minimum atomic E-state index is -0.738. The summed E-state index contributed by atoms with van der Waals surface area (Å²) in [6, 6.07) is 16.7. The fourth-order valence-corrected chi connectivity index (χ4v) is 4.70. The van der Waals surface area contributed by atoms with Crippen LogP contribution < -0.4 is 5.32 Å². The zero-order valence-electron chi connectivity index (χ0n) is 20.7. The average Bonchev–Trinajstić information content (AvgIpc) is 3.21. The summed E-state index contributed by atoms with van der Waals surface area (Å²) in [6.45, 7) is 0.974. The molecule has 3 rings (SSSR count). The number of esters is 1. The molecule has 0 spiro atoms. The van der Waals surface area contributed by atoms with Crippen LogP contribution in [0, 0.1) is 0 Å². The van der Waals surface area contributed by atoms with Gasteiger partial charge >= 0.3 is 12.1 Å². The van der Waals surface area contributed by atoms with E-state index in [-0.39, 0.29) is 18.4 Å². The first-order valence-electron chi connectivity index (χ1n) is 12.8. The Morgan fingerprint density at radius 1 is 0.743 bits per heavy atom. The van der Waals surface area contributed by atoms with E-state index < -0.39 is 11.8 Å². The number of alkyl carbamates (subject to hydrolysis) is 1. The van der Waals surface area contributed by atoms with Crippen molar-refractivity contribution in [1.29, 1.82) is 0 Å². The van der Waals surface area contributed by atoms with Crippen molar-refractivity contribution in [1.82, 2.24) is 5.32 Å². The summed E-state index contributed by atoms with van der Waals surface area (Å²) >= 11 is 0. The van der Waals surface area contributed by atoms with Gasteiger partial charge in [0.05, 0.1) is 7.11 Å². The Kier molecular flexibility index (Phi) is 10.8. The molecule has 0 saturated carbocycles. The fourth-order valence-electron chi connectivity index (χ4n) is 4.70. The molecular weight excluding hydrogens is 442 g/mol. The first kappa shape index (κ1) is 26.5. The van der Waals surface area contributed by atoms with Crippen LogP contribution in [0.4, 0.5) is 4.79 Å². The Bertz CT molecular complexity index is 941. The number of hydrogen-bond acceptors (Lipinski definition) is 5. The van der Waals surface area contributed by atoms with Crippen LogP contribution in [-0.4, -0.2) is 38.1 Å². The number of unbranched alkanes of at least 4 members (excludes halogenated alkanes) is 8. The van der Waals surface area contributed by atoms with E-state index in [0.29, 0.717) is 13.2 Å². The number of amides is 1. The van der Waals surface area contributed by atoms with Crippen LogP contribution in [0.2, 0.25) is 0 Å². The SMILES string of the molecule is COC(=O)C(=O)CCCCCCCCCCCNC(=O)OCC1c2ccccc2-c2ccccc21. The second-order valence-electron chi connectivity index (χ2n) is 9.10. The Morgan fingerprint density at radius 2 is 1.26 bits per heavy atom. The van der Waals surface area contributed by atoms with Crippen LogP contribution in [0.15, 0.2) is 48.5 Å². The molecular formula is C29H37NO5. The third-order valence-corrected chi connectivity index (χ3v) is 6.61. The number of ketones is 1. The van der Waals surface area contributed by atoms with E-state index in [2.05, 4.69) is 34.3 Å². The zero-order chi connectivity index (χ0) is 24.9. The number of nitrogens with one attached hydrogen (secondary N) is 1. The summed E-state index contributed by atoms with van der Waals surface area (Å²) in [5.74, 6) is -1.08. The van der Waals surface area contributed by atoms with Crippen molar-refractivity contribution in [3.05, 3.63) is 59.7 Å². The lowest BCUT2D eigenvalue weighted by molar-refractivity contribution is -0.151. The van der Waals surface area contributed by atoms with Crippen molar-refractivity contribution in [2.45, 2.75) is 70.1 Å². The van der Waals surface area contributed by atoms with Gasteiger partial charge in [-0.2, -0.15) is 0 Å². The molecule has 0 bridgehead atoms. The van der Waals surface area contributed by atoms with Gasteiger partial charge in [-0.05, 0) is 35.1 Å². The second kappa shape index (κ2) is 14.3. The minimum Gasteiger partial charge on any atom is -0.463 e. The van der Waals surface area contributed by atoms with Crippen LogP contribution in [0.1, 0.15) is 81.3 Å². The van der Waals surface area contributed by atoms with Crippen molar-refractivity contribution in [3.63, 3.8) is 0 Å². The highest BCUT2D eigenvalue weighted by Gasteiger charge is 2.28. The number of ether oxygens (including phenoxy) is 2. The Balaban J connectivity index is 1.20. The lowest BCUT2D eigenvalue weighted by atomic mass is 9.98. The number of carbonyl (C=O) groups is 3. The lowest BCUT2D eigenvalue weighted by Crippen LogP contribution is -2.27. The standard InChI is InChI=1S/C29H37NO5/c1-34-28(32)27(31)19-9-7-5-3-2-4-6-8-14-20-30-29(33)35-21-26-24-17-12-10-15-22(24)23-16-11-13-18-25(23)26/h10-13,15-18,26H,2-9,14,19-21H2,1H3,(H,30,33). The Hall–Kier alpha value is -3.15. The zero-order valence-corrected chi connectivity index (χ0v) is 20.7. The van der Waals surface area contributed by atoms with Crippen LogP contribution in [0.3, 0.4) is 0 Å². The van der Waals surface area contributed by atoms with E-state index >= 15 is 0 Å². The van der Waals surface area contributed by atoms with Gasteiger partial charge in [0.1, 0.15) is 6.61 Å². The summed E-state index contributed by atoms with van der Waals surface area (Å²) in [4.78, 5) is 34.6. The van der Waals surface area contributed by atoms with Gasteiger partial charge in [0, 0.05) is 18.9 Å². The predicted molar refractivity (Wildman–Crippen MR) is 136 cm³/mol. The van der Waals surface area contributed by atoms with Gasteiger partial charge in [0.25, 0.3) is 0 Å². The number of Topliss-reactive ketones (excluding diaryl/α,β-unsaturated/α-hetero) is 1. The van der Waals surface area contributed by atoms with E-state index in [1.807, 2.05) is 24.3 Å². The highest BCUT2D eigenvalue weighted by molar-refractivity contribution is 6.33. The molecule has 0 radical (unpaired) electrons. The lowest BCUT2D eigenvalue weighted by Gasteiger charge is -2.14. The fraction of sp³-hybridized carbons (Fsp3) is 0.483. The van der Waals surface area contributed by atoms with Gasteiger partial charge in [0.15, 0.2) is 0 Å². The van der Waals surface area contributed by atoms with Crippen LogP contribution >= 0.6 is 0 Å². The Labute approximate surface area is 208 Å². The first-order chi connectivity index (χ1) is 17.1. The number of rotatable bonds is 15. The third-order valence-electron chi connectivity index (χ3n) is 6.61. The van der Waals surface area contributed by atoms with Crippen molar-refractivity contribution >= 4 is 17.8 Å². The molecule has 2 aromatic rings. The number of methoxy groups -OCH3 is 1. The van der Waals surface area contributed by atoms with Crippen molar-refractivity contribution < 1.29 is 23.9 Å². The summed E-state index contributed by atoms with van der Waals surface area (Å²) in [7, 11) is 1.23. The number of benzene rings is 2. The molecule has 1 N–H and O–H groups in total. The van der Waals surface area contributed by atoms with Gasteiger partial charge < -0.3 is 14.8 Å². The number of hydrogen-bond donors (Lipinski definition) is 1. The predicted octanol–water partition coefficient (Wildman–Crippen LogP) is 6.17. The molecule has 0 atom stereocenters. The van der Waals surface area contributed by atoms with E-state index in [1.54, 1.807) is 0 Å². The largest absolute Gasteiger partial charge is 0.463 e. The maximum atomic E-state index is 12.2. The smallest absolute Gasteiger partial charge is 0.407 e. The summed E-state index contributed by atoms with van der Waals surface area (Å²) in [6.07, 6.45) is 9.38. The topological polar surface area (TPSA) is 81.7 Å². The van der Waals surface area contributed by atoms with E-state index in [0.717, 1.165) is 44.9 Å². The maximum Gasteiger partial charge on any atom is 0.407 e. The van der Waals surface area contributed by atoms with Gasteiger partial charge in [-0.1, -0.05) is 93.5 Å². The molecule has 0 aromatic heterocycles.